The summed E-state index contributed by atoms with van der Waals surface area (Å²) >= 11 is 0. The molecule has 0 aliphatic rings. The van der Waals surface area contributed by atoms with Crippen LogP contribution < -0.4 is 0 Å². The summed E-state index contributed by atoms with van der Waals surface area (Å²) in [4.78, 5) is 12.2. The first-order valence-electron chi connectivity index (χ1n) is 5.19. The minimum atomic E-state index is -2.87. The van der Waals surface area contributed by atoms with Crippen LogP contribution in [0.1, 0.15) is 10.4 Å². The van der Waals surface area contributed by atoms with E-state index in [2.05, 4.69) is 0 Å². The van der Waals surface area contributed by atoms with Gasteiger partial charge in [-0.25, -0.2) is 22.0 Å². The Morgan fingerprint density at radius 2 is 1.74 bits per heavy atom. The average molecular weight is 283 g/mol. The number of benzene rings is 1. The van der Waals surface area contributed by atoms with Gasteiger partial charge >= 0.3 is 0 Å². The van der Waals surface area contributed by atoms with Crippen molar-refractivity contribution in [3.05, 3.63) is 35.1 Å². The lowest BCUT2D eigenvalue weighted by atomic mass is 10.1. The zero-order valence-corrected chi connectivity index (χ0v) is 9.55. The quantitative estimate of drug-likeness (QED) is 0.661. The van der Waals surface area contributed by atoms with Gasteiger partial charge in [-0.1, -0.05) is 0 Å². The Morgan fingerprint density at radius 3 is 2.16 bits per heavy atom. The predicted octanol–water partition coefficient (Wildman–Crippen LogP) is 1.80. The molecule has 0 saturated carbocycles. The van der Waals surface area contributed by atoms with Crippen LogP contribution in [-0.2, 0) is 0 Å². The summed E-state index contributed by atoms with van der Waals surface area (Å²) in [5.74, 6) is -6.06. The normalized spacial score (nSPS) is 10.9. The Balaban J connectivity index is 3.02. The van der Waals surface area contributed by atoms with E-state index >= 15 is 0 Å². The van der Waals surface area contributed by atoms with Crippen LogP contribution in [0.25, 0.3) is 0 Å². The molecular weight excluding hydrogens is 273 g/mol. The number of nitrogens with zero attached hydrogens (tertiary/aromatic N) is 1. The van der Waals surface area contributed by atoms with Crippen molar-refractivity contribution >= 4 is 5.91 Å². The molecule has 0 atom stereocenters. The van der Waals surface area contributed by atoms with Crippen molar-refractivity contribution in [3.8, 4) is 0 Å². The molecular formula is C11H10F5NO2. The van der Waals surface area contributed by atoms with Gasteiger partial charge in [-0.15, -0.1) is 0 Å². The van der Waals surface area contributed by atoms with E-state index in [1.807, 2.05) is 0 Å². The zero-order valence-electron chi connectivity index (χ0n) is 9.55. The molecule has 1 aromatic rings. The van der Waals surface area contributed by atoms with E-state index in [1.165, 1.54) is 0 Å². The van der Waals surface area contributed by atoms with Crippen LogP contribution >= 0.6 is 0 Å². The van der Waals surface area contributed by atoms with Crippen molar-refractivity contribution < 1.29 is 31.9 Å². The molecule has 0 aliphatic carbocycles. The first kappa shape index (κ1) is 15.4. The Labute approximate surface area is 105 Å². The third-order valence-electron chi connectivity index (χ3n) is 2.25. The summed E-state index contributed by atoms with van der Waals surface area (Å²) in [5, 5.41) is 8.65. The fourth-order valence-corrected chi connectivity index (χ4v) is 1.42. The number of aliphatic hydroxyl groups excluding tert-OH is 1. The molecule has 1 rings (SSSR count). The van der Waals surface area contributed by atoms with Crippen LogP contribution in [0, 0.1) is 17.5 Å². The van der Waals surface area contributed by atoms with Gasteiger partial charge in [0.2, 0.25) is 0 Å². The molecule has 0 unspecified atom stereocenters. The van der Waals surface area contributed by atoms with Gasteiger partial charge < -0.3 is 10.0 Å². The van der Waals surface area contributed by atoms with Crippen molar-refractivity contribution in [1.82, 2.24) is 4.90 Å². The van der Waals surface area contributed by atoms with E-state index in [-0.39, 0.29) is 0 Å². The fraction of sp³-hybridized carbons (Fsp3) is 0.364. The van der Waals surface area contributed by atoms with Crippen LogP contribution in [0.3, 0.4) is 0 Å². The maximum Gasteiger partial charge on any atom is 0.255 e. The summed E-state index contributed by atoms with van der Waals surface area (Å²) in [5.41, 5.74) is -0.606. The fourth-order valence-electron chi connectivity index (χ4n) is 1.42. The molecule has 0 aliphatic heterocycles. The number of hydrogen-bond donors (Lipinski definition) is 1. The van der Waals surface area contributed by atoms with Crippen LogP contribution in [0.4, 0.5) is 22.0 Å². The second-order valence-electron chi connectivity index (χ2n) is 3.62. The highest BCUT2D eigenvalue weighted by molar-refractivity contribution is 5.94. The van der Waals surface area contributed by atoms with Crippen molar-refractivity contribution in [2.45, 2.75) is 6.43 Å². The summed E-state index contributed by atoms with van der Waals surface area (Å²) < 4.78 is 63.0. The highest BCUT2D eigenvalue weighted by Crippen LogP contribution is 2.15. The van der Waals surface area contributed by atoms with Gasteiger partial charge in [-0.2, -0.15) is 0 Å². The first-order valence-corrected chi connectivity index (χ1v) is 5.19. The summed E-state index contributed by atoms with van der Waals surface area (Å²) in [7, 11) is 0. The lowest BCUT2D eigenvalue weighted by Crippen LogP contribution is -2.37. The molecule has 19 heavy (non-hydrogen) atoms. The largest absolute Gasteiger partial charge is 0.395 e. The van der Waals surface area contributed by atoms with E-state index in [9.17, 15) is 26.7 Å². The highest BCUT2D eigenvalue weighted by Gasteiger charge is 2.22. The first-order chi connectivity index (χ1) is 8.86. The van der Waals surface area contributed by atoms with Gasteiger partial charge in [-0.05, 0) is 12.1 Å². The molecule has 0 heterocycles. The topological polar surface area (TPSA) is 40.5 Å². The summed E-state index contributed by atoms with van der Waals surface area (Å²) in [6.45, 7) is -2.02. The van der Waals surface area contributed by atoms with Gasteiger partial charge in [0.1, 0.15) is 0 Å². The molecule has 0 fully saturated rings. The molecule has 1 N–H and O–H groups in total. The van der Waals surface area contributed by atoms with Crippen LogP contribution in [-0.4, -0.2) is 42.0 Å². The second kappa shape index (κ2) is 6.46. The Bertz CT molecular complexity index is 443. The predicted molar refractivity (Wildman–Crippen MR) is 55.3 cm³/mol. The number of alkyl halides is 2. The molecule has 0 aromatic heterocycles. The molecule has 3 nitrogen and oxygen atoms in total. The number of carbonyl (C=O) groups is 1. The number of halogens is 5. The second-order valence-corrected chi connectivity index (χ2v) is 3.62. The molecule has 0 spiro atoms. The van der Waals surface area contributed by atoms with Gasteiger partial charge in [0, 0.05) is 12.1 Å². The van der Waals surface area contributed by atoms with Crippen LogP contribution in [0.5, 0.6) is 0 Å². The average Bonchev–Trinajstić information content (AvgIpc) is 2.33. The summed E-state index contributed by atoms with van der Waals surface area (Å²) in [6, 6.07) is 0.827. The van der Waals surface area contributed by atoms with Gasteiger partial charge in [0.05, 0.1) is 13.2 Å². The minimum absolute atomic E-state index is 0.413. The number of amides is 1. The Hall–Kier alpha value is -1.70. The van der Waals surface area contributed by atoms with E-state index in [0.717, 1.165) is 0 Å². The van der Waals surface area contributed by atoms with Gasteiger partial charge in [-0.3, -0.25) is 4.79 Å². The summed E-state index contributed by atoms with van der Waals surface area (Å²) in [6.07, 6.45) is -2.87. The van der Waals surface area contributed by atoms with Crippen molar-refractivity contribution in [1.29, 1.82) is 0 Å². The van der Waals surface area contributed by atoms with E-state index < -0.39 is 55.0 Å². The number of hydrogen-bond acceptors (Lipinski definition) is 2. The van der Waals surface area contributed by atoms with Crippen molar-refractivity contribution in [2.75, 3.05) is 19.7 Å². The van der Waals surface area contributed by atoms with Gasteiger partial charge in [0.15, 0.2) is 17.5 Å². The highest BCUT2D eigenvalue weighted by atomic mass is 19.3. The molecule has 0 bridgehead atoms. The molecule has 1 aromatic carbocycles. The maximum absolute atomic E-state index is 12.9. The van der Waals surface area contributed by atoms with Crippen molar-refractivity contribution in [3.63, 3.8) is 0 Å². The third kappa shape index (κ3) is 3.88. The van der Waals surface area contributed by atoms with Crippen LogP contribution in [0.2, 0.25) is 0 Å². The number of aliphatic hydroxyl groups is 1. The van der Waals surface area contributed by atoms with E-state index in [0.29, 0.717) is 17.0 Å². The maximum atomic E-state index is 12.9. The molecule has 0 saturated heterocycles. The van der Waals surface area contributed by atoms with E-state index in [4.69, 9.17) is 5.11 Å². The number of carbonyl (C=O) groups excluding carboxylic acids is 1. The lowest BCUT2D eigenvalue weighted by molar-refractivity contribution is 0.0508. The third-order valence-corrected chi connectivity index (χ3v) is 2.25. The zero-order chi connectivity index (χ0) is 14.6. The standard InChI is InChI=1S/C11H10F5NO2/c12-7-3-6(4-8(13)10(7)16)11(19)17(1-2-18)5-9(14)15/h3-4,9,18H,1-2,5H2. The SMILES string of the molecule is O=C(c1cc(F)c(F)c(F)c1)N(CCO)CC(F)F. The Morgan fingerprint density at radius 1 is 1.21 bits per heavy atom. The molecule has 0 radical (unpaired) electrons. The monoisotopic (exact) mass is 283 g/mol. The van der Waals surface area contributed by atoms with E-state index in [1.54, 1.807) is 0 Å². The molecule has 1 amide bonds. The van der Waals surface area contributed by atoms with Crippen molar-refractivity contribution in [2.24, 2.45) is 0 Å². The minimum Gasteiger partial charge on any atom is -0.395 e. The Kier molecular flexibility index (Phi) is 5.22. The molecule has 106 valence electrons. The smallest absolute Gasteiger partial charge is 0.255 e. The van der Waals surface area contributed by atoms with Gasteiger partial charge in [0.25, 0.3) is 12.3 Å². The lowest BCUT2D eigenvalue weighted by Gasteiger charge is -2.21. The number of rotatable bonds is 5. The van der Waals surface area contributed by atoms with Crippen LogP contribution in [0.15, 0.2) is 12.1 Å². The molecule has 8 heteroatoms.